The van der Waals surface area contributed by atoms with Crippen LogP contribution in [0.3, 0.4) is 0 Å². The van der Waals surface area contributed by atoms with Crippen molar-refractivity contribution in [3.05, 3.63) is 83.0 Å². The molecule has 0 saturated carbocycles. The highest BCUT2D eigenvalue weighted by molar-refractivity contribution is 5.97. The standard InChI is InChI=1S/C26H26N4O4/c1-18(31)19-9-11-21(12-10-19)28-23(32)16-30-15-22(20-7-4-3-5-8-20)24-25(30)26(33)29(17-27-24)13-6-14-34-2/h3-5,7-12,15,17H,6,13-14,16H2,1-2H3,(H,28,32). The van der Waals surface area contributed by atoms with Crippen LogP contribution in [0.25, 0.3) is 22.2 Å². The maximum Gasteiger partial charge on any atom is 0.277 e. The minimum Gasteiger partial charge on any atom is -0.385 e. The zero-order chi connectivity index (χ0) is 24.1. The van der Waals surface area contributed by atoms with E-state index < -0.39 is 0 Å². The van der Waals surface area contributed by atoms with E-state index in [0.717, 1.165) is 11.1 Å². The van der Waals surface area contributed by atoms with Crippen LogP contribution in [-0.4, -0.2) is 39.5 Å². The molecule has 0 unspecified atom stereocenters. The summed E-state index contributed by atoms with van der Waals surface area (Å²) in [5.74, 6) is -0.333. The Hall–Kier alpha value is -4.04. The van der Waals surface area contributed by atoms with E-state index in [2.05, 4.69) is 10.3 Å². The fraction of sp³-hybridized carbons (Fsp3) is 0.231. The number of hydrogen-bond acceptors (Lipinski definition) is 5. The summed E-state index contributed by atoms with van der Waals surface area (Å²) in [5, 5.41) is 2.83. The second-order valence-electron chi connectivity index (χ2n) is 8.01. The highest BCUT2D eigenvalue weighted by Crippen LogP contribution is 2.27. The summed E-state index contributed by atoms with van der Waals surface area (Å²) < 4.78 is 8.29. The Morgan fingerprint density at radius 3 is 2.44 bits per heavy atom. The molecular weight excluding hydrogens is 432 g/mol. The second-order valence-corrected chi connectivity index (χ2v) is 8.01. The average molecular weight is 459 g/mol. The highest BCUT2D eigenvalue weighted by atomic mass is 16.5. The van der Waals surface area contributed by atoms with Crippen molar-refractivity contribution in [1.29, 1.82) is 0 Å². The largest absolute Gasteiger partial charge is 0.385 e. The summed E-state index contributed by atoms with van der Waals surface area (Å²) >= 11 is 0. The number of Topliss-reactive ketones (excluding diaryl/α,β-unsaturated/α-hetero) is 1. The van der Waals surface area contributed by atoms with Crippen LogP contribution in [0.5, 0.6) is 0 Å². The SMILES string of the molecule is COCCCn1cnc2c(-c3ccccc3)cn(CC(=O)Nc3ccc(C(C)=O)cc3)c2c1=O. The molecule has 2 heterocycles. The van der Waals surface area contributed by atoms with Gasteiger partial charge < -0.3 is 14.6 Å². The number of nitrogens with zero attached hydrogens (tertiary/aromatic N) is 3. The number of hydrogen-bond donors (Lipinski definition) is 1. The lowest BCUT2D eigenvalue weighted by molar-refractivity contribution is -0.116. The van der Waals surface area contributed by atoms with Crippen LogP contribution in [0.2, 0.25) is 0 Å². The van der Waals surface area contributed by atoms with E-state index >= 15 is 0 Å². The molecule has 0 radical (unpaired) electrons. The zero-order valence-corrected chi connectivity index (χ0v) is 19.2. The molecule has 4 aromatic rings. The van der Waals surface area contributed by atoms with Crippen LogP contribution in [0.1, 0.15) is 23.7 Å². The third-order valence-corrected chi connectivity index (χ3v) is 5.56. The number of fused-ring (bicyclic) bond motifs is 1. The van der Waals surface area contributed by atoms with Crippen LogP contribution < -0.4 is 10.9 Å². The predicted octanol–water partition coefficient (Wildman–Crippen LogP) is 3.74. The summed E-state index contributed by atoms with van der Waals surface area (Å²) in [6, 6.07) is 16.3. The van der Waals surface area contributed by atoms with Crippen molar-refractivity contribution in [2.75, 3.05) is 19.0 Å². The van der Waals surface area contributed by atoms with E-state index in [1.807, 2.05) is 30.3 Å². The quantitative estimate of drug-likeness (QED) is 0.305. The van der Waals surface area contributed by atoms with E-state index in [1.54, 1.807) is 53.0 Å². The third-order valence-electron chi connectivity index (χ3n) is 5.56. The first-order valence-electron chi connectivity index (χ1n) is 11.0. The van der Waals surface area contributed by atoms with Gasteiger partial charge in [-0.15, -0.1) is 0 Å². The van der Waals surface area contributed by atoms with Crippen LogP contribution in [0, 0.1) is 0 Å². The van der Waals surface area contributed by atoms with Crippen molar-refractivity contribution in [2.45, 2.75) is 26.4 Å². The van der Waals surface area contributed by atoms with Crippen molar-refractivity contribution in [1.82, 2.24) is 14.1 Å². The van der Waals surface area contributed by atoms with Gasteiger partial charge in [0.1, 0.15) is 17.6 Å². The molecule has 0 spiro atoms. The smallest absolute Gasteiger partial charge is 0.277 e. The molecule has 4 rings (SSSR count). The van der Waals surface area contributed by atoms with Gasteiger partial charge >= 0.3 is 0 Å². The fourth-order valence-corrected chi connectivity index (χ4v) is 3.85. The lowest BCUT2D eigenvalue weighted by Gasteiger charge is -2.09. The summed E-state index contributed by atoms with van der Waals surface area (Å²) in [6.07, 6.45) is 4.02. The normalized spacial score (nSPS) is 11.0. The number of carbonyl (C=O) groups is 2. The van der Waals surface area contributed by atoms with Crippen LogP contribution >= 0.6 is 0 Å². The molecule has 0 fully saturated rings. The van der Waals surface area contributed by atoms with Gasteiger partial charge in [0.15, 0.2) is 5.78 Å². The number of anilines is 1. The molecule has 0 saturated heterocycles. The Balaban J connectivity index is 1.68. The zero-order valence-electron chi connectivity index (χ0n) is 19.2. The molecule has 0 aliphatic rings. The third kappa shape index (κ3) is 4.97. The van der Waals surface area contributed by atoms with Gasteiger partial charge in [-0.1, -0.05) is 30.3 Å². The molecule has 0 aliphatic heterocycles. The van der Waals surface area contributed by atoms with E-state index in [-0.39, 0.29) is 23.8 Å². The molecule has 1 N–H and O–H groups in total. The van der Waals surface area contributed by atoms with Crippen molar-refractivity contribution in [3.63, 3.8) is 0 Å². The van der Waals surface area contributed by atoms with Crippen molar-refractivity contribution >= 4 is 28.4 Å². The molecule has 174 valence electrons. The molecule has 0 bridgehead atoms. The van der Waals surface area contributed by atoms with E-state index in [1.165, 1.54) is 6.92 Å². The summed E-state index contributed by atoms with van der Waals surface area (Å²) in [7, 11) is 1.62. The Morgan fingerprint density at radius 2 is 1.76 bits per heavy atom. The number of carbonyl (C=O) groups excluding carboxylic acids is 2. The van der Waals surface area contributed by atoms with E-state index in [9.17, 15) is 14.4 Å². The first-order valence-corrected chi connectivity index (χ1v) is 11.0. The van der Waals surface area contributed by atoms with Gasteiger partial charge in [0.25, 0.3) is 5.56 Å². The molecule has 34 heavy (non-hydrogen) atoms. The molecule has 2 aromatic heterocycles. The topological polar surface area (TPSA) is 95.2 Å². The van der Waals surface area contributed by atoms with Crippen molar-refractivity contribution < 1.29 is 14.3 Å². The monoisotopic (exact) mass is 458 g/mol. The number of aryl methyl sites for hydroxylation is 1. The number of amides is 1. The maximum atomic E-state index is 13.3. The lowest BCUT2D eigenvalue weighted by Crippen LogP contribution is -2.25. The number of nitrogens with one attached hydrogen (secondary N) is 1. The fourth-order valence-electron chi connectivity index (χ4n) is 3.85. The number of rotatable bonds is 9. The number of methoxy groups -OCH3 is 1. The van der Waals surface area contributed by atoms with E-state index in [0.29, 0.717) is 41.9 Å². The van der Waals surface area contributed by atoms with E-state index in [4.69, 9.17) is 4.74 Å². The molecule has 0 atom stereocenters. The minimum atomic E-state index is -0.290. The Morgan fingerprint density at radius 1 is 1.03 bits per heavy atom. The van der Waals surface area contributed by atoms with Crippen molar-refractivity contribution in [3.8, 4) is 11.1 Å². The first kappa shape index (κ1) is 23.1. The van der Waals surface area contributed by atoms with Crippen LogP contribution in [-0.2, 0) is 22.6 Å². The average Bonchev–Trinajstić information content (AvgIpc) is 3.20. The summed E-state index contributed by atoms with van der Waals surface area (Å²) in [6.45, 7) is 2.43. The van der Waals surface area contributed by atoms with Crippen LogP contribution in [0.4, 0.5) is 5.69 Å². The molecule has 2 aromatic carbocycles. The number of aromatic nitrogens is 3. The minimum absolute atomic E-state index is 0.0422. The highest BCUT2D eigenvalue weighted by Gasteiger charge is 2.18. The number of ketones is 1. The lowest BCUT2D eigenvalue weighted by atomic mass is 10.1. The molecule has 8 nitrogen and oxygen atoms in total. The molecular formula is C26H26N4O4. The molecule has 0 aliphatic carbocycles. The van der Waals surface area contributed by atoms with Gasteiger partial charge in [0.2, 0.25) is 5.91 Å². The maximum absolute atomic E-state index is 13.3. The Bertz CT molecular complexity index is 1370. The van der Waals surface area contributed by atoms with Gasteiger partial charge in [-0.3, -0.25) is 19.0 Å². The number of benzene rings is 2. The van der Waals surface area contributed by atoms with Gasteiger partial charge in [-0.2, -0.15) is 0 Å². The summed E-state index contributed by atoms with van der Waals surface area (Å²) in [4.78, 5) is 42.2. The Kier molecular flexibility index (Phi) is 6.98. The Labute approximate surface area is 196 Å². The van der Waals surface area contributed by atoms with Gasteiger partial charge in [-0.05, 0) is 43.2 Å². The first-order chi connectivity index (χ1) is 16.5. The van der Waals surface area contributed by atoms with Gasteiger partial charge in [0.05, 0.1) is 6.33 Å². The predicted molar refractivity (Wildman–Crippen MR) is 131 cm³/mol. The molecule has 8 heteroatoms. The second kappa shape index (κ2) is 10.3. The van der Waals surface area contributed by atoms with Crippen molar-refractivity contribution in [2.24, 2.45) is 0 Å². The van der Waals surface area contributed by atoms with Crippen LogP contribution in [0.15, 0.2) is 71.9 Å². The van der Waals surface area contributed by atoms with Gasteiger partial charge in [-0.25, -0.2) is 4.98 Å². The summed E-state index contributed by atoms with van der Waals surface area (Å²) in [5.41, 5.74) is 3.57. The molecule has 1 amide bonds. The number of ether oxygens (including phenoxy) is 1. The van der Waals surface area contributed by atoms with Gasteiger partial charge in [0, 0.05) is 43.3 Å².